The van der Waals surface area contributed by atoms with E-state index in [-0.39, 0.29) is 5.75 Å². The van der Waals surface area contributed by atoms with Gasteiger partial charge in [0.2, 0.25) is 16.0 Å². The first-order valence-corrected chi connectivity index (χ1v) is 9.89. The Bertz CT molecular complexity index is 612. The zero-order valence-corrected chi connectivity index (χ0v) is 15.1. The Hall–Kier alpha value is -1.41. The third kappa shape index (κ3) is 4.78. The summed E-state index contributed by atoms with van der Waals surface area (Å²) in [6.07, 6.45) is 1.61. The number of hydrogen-bond acceptors (Lipinski definition) is 6. The molecule has 0 saturated carbocycles. The van der Waals surface area contributed by atoms with Gasteiger partial charge in [-0.15, -0.1) is 0 Å². The van der Waals surface area contributed by atoms with Crippen molar-refractivity contribution in [1.82, 2.24) is 14.3 Å². The number of aryl methyl sites for hydroxylation is 1. The van der Waals surface area contributed by atoms with E-state index in [1.807, 2.05) is 26.8 Å². The van der Waals surface area contributed by atoms with Crippen molar-refractivity contribution in [3.05, 3.63) is 11.8 Å². The van der Waals surface area contributed by atoms with Gasteiger partial charge >= 0.3 is 0 Å². The molecule has 1 aromatic heterocycles. The first-order valence-electron chi connectivity index (χ1n) is 8.28. The minimum atomic E-state index is -3.12. The van der Waals surface area contributed by atoms with Gasteiger partial charge < -0.3 is 10.2 Å². The molecule has 0 bridgehead atoms. The monoisotopic (exact) mass is 341 g/mol. The maximum atomic E-state index is 12.2. The Morgan fingerprint density at radius 3 is 2.48 bits per heavy atom. The molecular formula is C15H27N5O2S. The predicted molar refractivity (Wildman–Crippen MR) is 93.4 cm³/mol. The second-order valence-corrected chi connectivity index (χ2v) is 7.87. The summed E-state index contributed by atoms with van der Waals surface area (Å²) in [6, 6.07) is 1.92. The number of nitrogens with zero attached hydrogens (tertiary/aromatic N) is 4. The molecular weight excluding hydrogens is 314 g/mol. The topological polar surface area (TPSA) is 78.4 Å². The maximum absolute atomic E-state index is 12.2. The van der Waals surface area contributed by atoms with Crippen molar-refractivity contribution in [2.24, 2.45) is 0 Å². The van der Waals surface area contributed by atoms with Crippen LogP contribution in [0.2, 0.25) is 0 Å². The summed E-state index contributed by atoms with van der Waals surface area (Å²) in [7, 11) is -3.12. The predicted octanol–water partition coefficient (Wildman–Crippen LogP) is 1.47. The van der Waals surface area contributed by atoms with Crippen molar-refractivity contribution < 1.29 is 8.42 Å². The third-order valence-electron chi connectivity index (χ3n) is 3.87. The zero-order valence-electron chi connectivity index (χ0n) is 14.2. The molecule has 0 aromatic carbocycles. The van der Waals surface area contributed by atoms with Gasteiger partial charge in [0.25, 0.3) is 0 Å². The van der Waals surface area contributed by atoms with Crippen molar-refractivity contribution in [3.8, 4) is 0 Å². The highest BCUT2D eigenvalue weighted by Crippen LogP contribution is 2.17. The molecule has 1 aromatic rings. The van der Waals surface area contributed by atoms with Crippen LogP contribution in [0.25, 0.3) is 0 Å². The van der Waals surface area contributed by atoms with Crippen LogP contribution in [0.5, 0.6) is 0 Å². The Kier molecular flexibility index (Phi) is 6.17. The van der Waals surface area contributed by atoms with Crippen LogP contribution in [0.4, 0.5) is 11.8 Å². The Morgan fingerprint density at radius 2 is 1.87 bits per heavy atom. The van der Waals surface area contributed by atoms with Gasteiger partial charge in [-0.25, -0.2) is 13.4 Å². The molecule has 0 radical (unpaired) electrons. The lowest BCUT2D eigenvalue weighted by molar-refractivity contribution is 0.382. The number of nitrogens with one attached hydrogen (secondary N) is 1. The van der Waals surface area contributed by atoms with Crippen molar-refractivity contribution in [3.63, 3.8) is 0 Å². The smallest absolute Gasteiger partial charge is 0.227 e. The van der Waals surface area contributed by atoms with Crippen LogP contribution >= 0.6 is 0 Å². The van der Waals surface area contributed by atoms with Crippen LogP contribution < -0.4 is 10.2 Å². The number of anilines is 2. The van der Waals surface area contributed by atoms with Crippen LogP contribution in [-0.4, -0.2) is 61.2 Å². The average molecular weight is 341 g/mol. The van der Waals surface area contributed by atoms with Gasteiger partial charge in [0.1, 0.15) is 5.82 Å². The highest BCUT2D eigenvalue weighted by Gasteiger charge is 2.27. The lowest BCUT2D eigenvalue weighted by Gasteiger charge is -2.34. The minimum absolute atomic E-state index is 0.245. The molecule has 1 aliphatic rings. The molecule has 1 saturated heterocycles. The molecule has 0 unspecified atom stereocenters. The quantitative estimate of drug-likeness (QED) is 0.809. The third-order valence-corrected chi connectivity index (χ3v) is 5.83. The lowest BCUT2D eigenvalue weighted by Crippen LogP contribution is -2.49. The molecule has 2 rings (SSSR count). The summed E-state index contributed by atoms with van der Waals surface area (Å²) in [5, 5.41) is 3.20. The van der Waals surface area contributed by atoms with E-state index in [4.69, 9.17) is 0 Å². The molecule has 1 aliphatic heterocycles. The fourth-order valence-corrected chi connectivity index (χ4v) is 4.22. The maximum Gasteiger partial charge on any atom is 0.227 e. The fourth-order valence-electron chi connectivity index (χ4n) is 2.59. The highest BCUT2D eigenvalue weighted by molar-refractivity contribution is 7.89. The average Bonchev–Trinajstić information content (AvgIpc) is 2.53. The molecule has 0 aliphatic carbocycles. The molecule has 1 fully saturated rings. The second-order valence-electron chi connectivity index (χ2n) is 5.78. The molecule has 7 nitrogen and oxygen atoms in total. The number of unbranched alkanes of at least 4 members (excludes halogenated alkanes) is 1. The largest absolute Gasteiger partial charge is 0.370 e. The van der Waals surface area contributed by atoms with Gasteiger partial charge in [-0.1, -0.05) is 13.3 Å². The van der Waals surface area contributed by atoms with Gasteiger partial charge in [0, 0.05) is 44.5 Å². The SMILES string of the molecule is CCCCS(=O)(=O)N1CCN(c2nc(C)cc(NCC)n2)CC1. The van der Waals surface area contributed by atoms with Crippen molar-refractivity contribution in [2.45, 2.75) is 33.6 Å². The van der Waals surface area contributed by atoms with Crippen LogP contribution in [0.15, 0.2) is 6.07 Å². The number of hydrogen-bond donors (Lipinski definition) is 1. The second kappa shape index (κ2) is 7.92. The zero-order chi connectivity index (χ0) is 16.9. The van der Waals surface area contributed by atoms with Gasteiger partial charge in [0.15, 0.2) is 0 Å². The van der Waals surface area contributed by atoms with E-state index in [0.717, 1.165) is 30.9 Å². The summed E-state index contributed by atoms with van der Waals surface area (Å²) < 4.78 is 26.1. The lowest BCUT2D eigenvalue weighted by atomic mass is 10.3. The molecule has 2 heterocycles. The van der Waals surface area contributed by atoms with E-state index in [9.17, 15) is 8.42 Å². The van der Waals surface area contributed by atoms with E-state index >= 15 is 0 Å². The fraction of sp³-hybridized carbons (Fsp3) is 0.733. The van der Waals surface area contributed by atoms with E-state index < -0.39 is 10.0 Å². The summed E-state index contributed by atoms with van der Waals surface area (Å²) >= 11 is 0. The number of piperazine rings is 1. The molecule has 23 heavy (non-hydrogen) atoms. The van der Waals surface area contributed by atoms with E-state index in [0.29, 0.717) is 32.1 Å². The van der Waals surface area contributed by atoms with Crippen molar-refractivity contribution >= 4 is 21.8 Å². The molecule has 130 valence electrons. The molecule has 1 N–H and O–H groups in total. The summed E-state index contributed by atoms with van der Waals surface area (Å²) in [6.45, 7) is 9.03. The van der Waals surface area contributed by atoms with E-state index in [1.54, 1.807) is 4.31 Å². The van der Waals surface area contributed by atoms with Gasteiger partial charge in [0.05, 0.1) is 5.75 Å². The summed E-state index contributed by atoms with van der Waals surface area (Å²) in [5.74, 6) is 1.73. The standard InChI is InChI=1S/C15H27N5O2S/c1-4-6-11-23(21,22)20-9-7-19(8-10-20)15-17-13(3)12-14(18-15)16-5-2/h12H,4-11H2,1-3H3,(H,16,17,18). The molecule has 0 spiro atoms. The van der Waals surface area contributed by atoms with E-state index in [2.05, 4.69) is 20.2 Å². The number of sulfonamides is 1. The number of aromatic nitrogens is 2. The normalized spacial score (nSPS) is 16.6. The van der Waals surface area contributed by atoms with Crippen LogP contribution in [0.1, 0.15) is 32.4 Å². The molecule has 0 atom stereocenters. The summed E-state index contributed by atoms with van der Waals surface area (Å²) in [4.78, 5) is 11.1. The van der Waals surface area contributed by atoms with Crippen LogP contribution in [0.3, 0.4) is 0 Å². The van der Waals surface area contributed by atoms with Crippen molar-refractivity contribution in [2.75, 3.05) is 48.7 Å². The van der Waals surface area contributed by atoms with Crippen LogP contribution in [0, 0.1) is 6.92 Å². The first kappa shape index (κ1) is 17.9. The minimum Gasteiger partial charge on any atom is -0.370 e. The van der Waals surface area contributed by atoms with Crippen LogP contribution in [-0.2, 0) is 10.0 Å². The summed E-state index contributed by atoms with van der Waals surface area (Å²) in [5.41, 5.74) is 0.906. The Balaban J connectivity index is 2.02. The molecule has 0 amide bonds. The van der Waals surface area contributed by atoms with Crippen molar-refractivity contribution in [1.29, 1.82) is 0 Å². The van der Waals surface area contributed by atoms with Gasteiger partial charge in [-0.05, 0) is 20.3 Å². The van der Waals surface area contributed by atoms with E-state index in [1.165, 1.54) is 0 Å². The highest BCUT2D eigenvalue weighted by atomic mass is 32.2. The number of rotatable bonds is 7. The first-order chi connectivity index (χ1) is 11.0. The van der Waals surface area contributed by atoms with Gasteiger partial charge in [-0.3, -0.25) is 0 Å². The Labute approximate surface area is 139 Å². The van der Waals surface area contributed by atoms with Gasteiger partial charge in [-0.2, -0.15) is 9.29 Å². The Morgan fingerprint density at radius 1 is 1.17 bits per heavy atom. The molecule has 8 heteroatoms.